The summed E-state index contributed by atoms with van der Waals surface area (Å²) in [6.07, 6.45) is 0. The Morgan fingerprint density at radius 3 is 3.00 bits per heavy atom. The highest BCUT2D eigenvalue weighted by Crippen LogP contribution is 2.32. The second kappa shape index (κ2) is 4.62. The molecule has 0 amide bonds. The van der Waals surface area contributed by atoms with Crippen molar-refractivity contribution >= 4 is 23.0 Å². The van der Waals surface area contributed by atoms with Crippen molar-refractivity contribution < 1.29 is 4.39 Å². The number of hydrogen-bond acceptors (Lipinski definition) is 5. The van der Waals surface area contributed by atoms with Crippen LogP contribution in [-0.4, -0.2) is 17.5 Å². The van der Waals surface area contributed by atoms with Crippen LogP contribution in [0.1, 0.15) is 16.7 Å². The average molecular weight is 276 g/mol. The molecule has 1 aliphatic heterocycles. The van der Waals surface area contributed by atoms with Crippen LogP contribution in [0.5, 0.6) is 0 Å². The van der Waals surface area contributed by atoms with E-state index < -0.39 is 0 Å². The monoisotopic (exact) mass is 276 g/mol. The number of aliphatic imine (C=N–C) groups is 1. The zero-order valence-electron chi connectivity index (χ0n) is 10.4. The number of aromatic nitrogens is 1. The fourth-order valence-electron chi connectivity index (χ4n) is 2.15. The Morgan fingerprint density at radius 1 is 1.47 bits per heavy atom. The van der Waals surface area contributed by atoms with E-state index in [2.05, 4.69) is 9.98 Å². The molecule has 6 heteroatoms. The van der Waals surface area contributed by atoms with Crippen LogP contribution < -0.4 is 10.6 Å². The number of thiazole rings is 1. The third-order valence-corrected chi connectivity index (χ3v) is 4.06. The standard InChI is InChI=1S/C13H13FN4S/c1-8-7-19-12(17-8)11-6-16-13(15)18(11)10-4-2-3-9(14)5-10/h2-5,7,11H,6H2,1H3,(H2,15,16). The fourth-order valence-corrected chi connectivity index (χ4v) is 3.03. The summed E-state index contributed by atoms with van der Waals surface area (Å²) >= 11 is 1.58. The van der Waals surface area contributed by atoms with Gasteiger partial charge in [-0.05, 0) is 25.1 Å². The second-order valence-electron chi connectivity index (χ2n) is 4.39. The molecule has 4 nitrogen and oxygen atoms in total. The first-order valence-corrected chi connectivity index (χ1v) is 6.80. The number of benzene rings is 1. The number of guanidine groups is 1. The first-order chi connectivity index (χ1) is 9.15. The van der Waals surface area contributed by atoms with Crippen molar-refractivity contribution in [1.82, 2.24) is 4.98 Å². The zero-order chi connectivity index (χ0) is 13.4. The molecule has 19 heavy (non-hydrogen) atoms. The van der Waals surface area contributed by atoms with E-state index in [9.17, 15) is 4.39 Å². The topological polar surface area (TPSA) is 54.5 Å². The van der Waals surface area contributed by atoms with Gasteiger partial charge in [0, 0.05) is 16.8 Å². The third-order valence-electron chi connectivity index (χ3n) is 2.99. The molecule has 98 valence electrons. The number of aryl methyl sites for hydroxylation is 1. The van der Waals surface area contributed by atoms with Gasteiger partial charge in [0.05, 0.1) is 6.54 Å². The zero-order valence-corrected chi connectivity index (χ0v) is 11.2. The molecule has 2 heterocycles. The molecule has 1 unspecified atom stereocenters. The minimum atomic E-state index is -0.286. The Labute approximate surface area is 114 Å². The molecular weight excluding hydrogens is 263 g/mol. The van der Waals surface area contributed by atoms with E-state index in [1.54, 1.807) is 17.4 Å². The lowest BCUT2D eigenvalue weighted by atomic mass is 10.2. The second-order valence-corrected chi connectivity index (χ2v) is 5.28. The van der Waals surface area contributed by atoms with Gasteiger partial charge < -0.3 is 10.6 Å². The van der Waals surface area contributed by atoms with Gasteiger partial charge in [-0.3, -0.25) is 4.99 Å². The molecule has 2 N–H and O–H groups in total. The Balaban J connectivity index is 1.99. The molecule has 2 aromatic rings. The van der Waals surface area contributed by atoms with Crippen LogP contribution in [0.2, 0.25) is 0 Å². The SMILES string of the molecule is Cc1csc(C2CN=C(N)N2c2cccc(F)c2)n1. The van der Waals surface area contributed by atoms with Crippen LogP contribution in [0, 0.1) is 12.7 Å². The predicted octanol–water partition coefficient (Wildman–Crippen LogP) is 2.47. The Bertz CT molecular complexity index is 637. The summed E-state index contributed by atoms with van der Waals surface area (Å²) in [4.78, 5) is 10.6. The lowest BCUT2D eigenvalue weighted by Crippen LogP contribution is -2.36. The van der Waals surface area contributed by atoms with Gasteiger partial charge in [0.25, 0.3) is 0 Å². The molecular formula is C13H13FN4S. The first-order valence-electron chi connectivity index (χ1n) is 5.92. The van der Waals surface area contributed by atoms with Crippen molar-refractivity contribution in [1.29, 1.82) is 0 Å². The highest BCUT2D eigenvalue weighted by Gasteiger charge is 2.31. The number of halogens is 1. The van der Waals surface area contributed by atoms with E-state index in [-0.39, 0.29) is 11.9 Å². The quantitative estimate of drug-likeness (QED) is 0.916. The maximum atomic E-state index is 13.4. The van der Waals surface area contributed by atoms with E-state index in [1.807, 2.05) is 23.3 Å². The molecule has 0 aliphatic carbocycles. The summed E-state index contributed by atoms with van der Waals surface area (Å²) in [5.74, 6) is 0.120. The van der Waals surface area contributed by atoms with Gasteiger partial charge in [0.2, 0.25) is 0 Å². The summed E-state index contributed by atoms with van der Waals surface area (Å²) in [7, 11) is 0. The van der Waals surface area contributed by atoms with Crippen molar-refractivity contribution in [2.75, 3.05) is 11.4 Å². The molecule has 1 aliphatic rings. The van der Waals surface area contributed by atoms with E-state index in [1.165, 1.54) is 12.1 Å². The molecule has 3 rings (SSSR count). The minimum absolute atomic E-state index is 0.0412. The average Bonchev–Trinajstić information content (AvgIpc) is 2.95. The summed E-state index contributed by atoms with van der Waals surface area (Å²) < 4.78 is 13.4. The van der Waals surface area contributed by atoms with Gasteiger partial charge in [-0.1, -0.05) is 6.07 Å². The molecule has 0 radical (unpaired) electrons. The van der Waals surface area contributed by atoms with Crippen LogP contribution in [0.15, 0.2) is 34.6 Å². The highest BCUT2D eigenvalue weighted by atomic mass is 32.1. The highest BCUT2D eigenvalue weighted by molar-refractivity contribution is 7.09. The van der Waals surface area contributed by atoms with E-state index >= 15 is 0 Å². The molecule has 1 aromatic heterocycles. The minimum Gasteiger partial charge on any atom is -0.369 e. The largest absolute Gasteiger partial charge is 0.369 e. The normalized spacial score (nSPS) is 18.7. The summed E-state index contributed by atoms with van der Waals surface area (Å²) in [5, 5.41) is 2.94. The third kappa shape index (κ3) is 2.19. The van der Waals surface area contributed by atoms with Gasteiger partial charge >= 0.3 is 0 Å². The molecule has 0 spiro atoms. The molecule has 0 saturated carbocycles. The van der Waals surface area contributed by atoms with Crippen LogP contribution in [-0.2, 0) is 0 Å². The van der Waals surface area contributed by atoms with Crippen molar-refractivity contribution in [3.05, 3.63) is 46.2 Å². The van der Waals surface area contributed by atoms with Crippen LogP contribution in [0.25, 0.3) is 0 Å². The van der Waals surface area contributed by atoms with Gasteiger partial charge in [0.1, 0.15) is 16.9 Å². The van der Waals surface area contributed by atoms with Gasteiger partial charge in [-0.2, -0.15) is 0 Å². The lowest BCUT2D eigenvalue weighted by Gasteiger charge is -2.24. The smallest absolute Gasteiger partial charge is 0.196 e. The number of nitrogens with zero attached hydrogens (tertiary/aromatic N) is 3. The summed E-state index contributed by atoms with van der Waals surface area (Å²) in [5.41, 5.74) is 7.61. The molecule has 0 fully saturated rings. The van der Waals surface area contributed by atoms with Crippen LogP contribution in [0.4, 0.5) is 10.1 Å². The van der Waals surface area contributed by atoms with Gasteiger partial charge in [0.15, 0.2) is 5.96 Å². The van der Waals surface area contributed by atoms with E-state index in [0.717, 1.165) is 10.7 Å². The fraction of sp³-hybridized carbons (Fsp3) is 0.231. The summed E-state index contributed by atoms with van der Waals surface area (Å²) in [6.45, 7) is 2.50. The molecule has 0 bridgehead atoms. The Hall–Kier alpha value is -1.95. The molecule has 1 atom stereocenters. The number of hydrogen-bond donors (Lipinski definition) is 1. The number of rotatable bonds is 2. The van der Waals surface area contributed by atoms with Gasteiger partial charge in [-0.25, -0.2) is 9.37 Å². The maximum Gasteiger partial charge on any atom is 0.196 e. The predicted molar refractivity (Wildman–Crippen MR) is 75.0 cm³/mol. The van der Waals surface area contributed by atoms with Crippen molar-refractivity contribution in [2.45, 2.75) is 13.0 Å². The van der Waals surface area contributed by atoms with Gasteiger partial charge in [-0.15, -0.1) is 11.3 Å². The van der Waals surface area contributed by atoms with Crippen molar-refractivity contribution in [2.24, 2.45) is 10.7 Å². The van der Waals surface area contributed by atoms with Crippen molar-refractivity contribution in [3.8, 4) is 0 Å². The first kappa shape index (κ1) is 12.1. The van der Waals surface area contributed by atoms with E-state index in [4.69, 9.17) is 5.73 Å². The number of anilines is 1. The molecule has 0 saturated heterocycles. The Kier molecular flexibility index (Phi) is 2.94. The van der Waals surface area contributed by atoms with Crippen molar-refractivity contribution in [3.63, 3.8) is 0 Å². The lowest BCUT2D eigenvalue weighted by molar-refractivity contribution is 0.626. The Morgan fingerprint density at radius 2 is 2.32 bits per heavy atom. The summed E-state index contributed by atoms with van der Waals surface area (Å²) in [6, 6.07) is 6.32. The van der Waals surface area contributed by atoms with Crippen LogP contribution in [0.3, 0.4) is 0 Å². The van der Waals surface area contributed by atoms with Crippen LogP contribution >= 0.6 is 11.3 Å². The van der Waals surface area contributed by atoms with E-state index in [0.29, 0.717) is 18.2 Å². The maximum absolute atomic E-state index is 13.4. The molecule has 1 aromatic carbocycles. The number of nitrogens with two attached hydrogens (primary N) is 1.